The zero-order valence-corrected chi connectivity index (χ0v) is 8.54. The maximum atomic E-state index is 5.43. The van der Waals surface area contributed by atoms with Gasteiger partial charge in [0.05, 0.1) is 0 Å². The summed E-state index contributed by atoms with van der Waals surface area (Å²) in [6, 6.07) is 0. The molecule has 72 valence electrons. The topological polar surface area (TPSA) is 51.8 Å². The van der Waals surface area contributed by atoms with Gasteiger partial charge in [-0.05, 0) is 18.5 Å². The van der Waals surface area contributed by atoms with Crippen molar-refractivity contribution in [3.8, 4) is 0 Å². The van der Waals surface area contributed by atoms with Crippen LogP contribution in [0, 0.1) is 0 Å². The van der Waals surface area contributed by atoms with Crippen molar-refractivity contribution in [1.82, 2.24) is 9.97 Å². The molecule has 3 nitrogen and oxygen atoms in total. The van der Waals surface area contributed by atoms with E-state index in [0.29, 0.717) is 6.54 Å². The van der Waals surface area contributed by atoms with E-state index in [-0.39, 0.29) is 5.41 Å². The summed E-state index contributed by atoms with van der Waals surface area (Å²) in [5.74, 6) is 0.883. The third-order valence-corrected chi connectivity index (χ3v) is 1.81. The van der Waals surface area contributed by atoms with E-state index in [4.69, 9.17) is 5.73 Å². The van der Waals surface area contributed by atoms with Crippen LogP contribution in [-0.4, -0.2) is 16.5 Å². The molecule has 0 saturated carbocycles. The first kappa shape index (κ1) is 10.1. The van der Waals surface area contributed by atoms with Gasteiger partial charge in [-0.25, -0.2) is 9.97 Å². The molecule has 0 aliphatic rings. The van der Waals surface area contributed by atoms with Gasteiger partial charge in [0, 0.05) is 17.8 Å². The van der Waals surface area contributed by atoms with Gasteiger partial charge < -0.3 is 5.73 Å². The normalized spacial score (nSPS) is 11.7. The first-order chi connectivity index (χ1) is 6.04. The van der Waals surface area contributed by atoms with Crippen LogP contribution >= 0.6 is 0 Å². The van der Waals surface area contributed by atoms with Gasteiger partial charge in [0.25, 0.3) is 0 Å². The second kappa shape index (κ2) is 3.83. The quantitative estimate of drug-likeness (QED) is 0.744. The Morgan fingerprint density at radius 3 is 2.15 bits per heavy atom. The van der Waals surface area contributed by atoms with Gasteiger partial charge in [-0.3, -0.25) is 0 Å². The van der Waals surface area contributed by atoms with Gasteiger partial charge in [0.2, 0.25) is 0 Å². The van der Waals surface area contributed by atoms with Crippen LogP contribution in [0.1, 0.15) is 32.2 Å². The maximum absolute atomic E-state index is 5.43. The van der Waals surface area contributed by atoms with Gasteiger partial charge in [-0.15, -0.1) is 0 Å². The smallest absolute Gasteiger partial charge is 0.133 e. The lowest BCUT2D eigenvalue weighted by Gasteiger charge is -2.15. The lowest BCUT2D eigenvalue weighted by atomic mass is 9.96. The fourth-order valence-corrected chi connectivity index (χ4v) is 1.04. The zero-order chi connectivity index (χ0) is 9.90. The van der Waals surface area contributed by atoms with E-state index < -0.39 is 0 Å². The molecule has 1 rings (SSSR count). The van der Waals surface area contributed by atoms with Crippen molar-refractivity contribution in [3.05, 3.63) is 23.8 Å². The number of rotatable bonds is 2. The van der Waals surface area contributed by atoms with Crippen LogP contribution in [0.15, 0.2) is 12.4 Å². The van der Waals surface area contributed by atoms with E-state index in [1.807, 2.05) is 12.4 Å². The minimum absolute atomic E-state index is 0.0290. The van der Waals surface area contributed by atoms with Crippen LogP contribution in [0.3, 0.4) is 0 Å². The molecule has 1 aromatic heterocycles. The van der Waals surface area contributed by atoms with Gasteiger partial charge in [0.1, 0.15) is 5.82 Å². The highest BCUT2D eigenvalue weighted by atomic mass is 14.9. The highest BCUT2D eigenvalue weighted by molar-refractivity contribution is 5.09. The molecule has 0 aliphatic heterocycles. The van der Waals surface area contributed by atoms with Crippen molar-refractivity contribution < 1.29 is 0 Å². The third kappa shape index (κ3) is 2.77. The van der Waals surface area contributed by atoms with Crippen LogP contribution < -0.4 is 5.73 Å². The number of hydrogen-bond donors (Lipinski definition) is 1. The standard InChI is InChI=1S/C10H17N3/c1-10(2,3)9-12-6-8(4-5-11)7-13-9/h6-7H,4-5,11H2,1-3H3. The molecule has 0 amide bonds. The lowest BCUT2D eigenvalue weighted by Crippen LogP contribution is -2.16. The molecule has 0 radical (unpaired) electrons. The van der Waals surface area contributed by atoms with E-state index in [0.717, 1.165) is 17.8 Å². The van der Waals surface area contributed by atoms with E-state index in [9.17, 15) is 0 Å². The Balaban J connectivity index is 2.81. The van der Waals surface area contributed by atoms with Gasteiger partial charge in [0.15, 0.2) is 0 Å². The molecule has 0 atom stereocenters. The predicted octanol–water partition coefficient (Wildman–Crippen LogP) is 1.28. The number of nitrogens with zero attached hydrogens (tertiary/aromatic N) is 2. The predicted molar refractivity (Wildman–Crippen MR) is 53.5 cm³/mol. The Labute approximate surface area is 79.4 Å². The Bertz CT molecular complexity index is 258. The molecule has 1 heterocycles. The molecule has 13 heavy (non-hydrogen) atoms. The molecule has 0 aromatic carbocycles. The minimum atomic E-state index is 0.0290. The van der Waals surface area contributed by atoms with Crippen LogP contribution in [0.2, 0.25) is 0 Å². The van der Waals surface area contributed by atoms with Crippen molar-refractivity contribution in [2.24, 2.45) is 5.73 Å². The second-order valence-corrected chi connectivity index (χ2v) is 4.20. The number of nitrogens with two attached hydrogens (primary N) is 1. The second-order valence-electron chi connectivity index (χ2n) is 4.20. The van der Waals surface area contributed by atoms with Crippen molar-refractivity contribution in [2.45, 2.75) is 32.6 Å². The Hall–Kier alpha value is -0.960. The van der Waals surface area contributed by atoms with Crippen LogP contribution in [0.5, 0.6) is 0 Å². The molecule has 1 aromatic rings. The molecular formula is C10H17N3. The zero-order valence-electron chi connectivity index (χ0n) is 8.54. The molecule has 3 heteroatoms. The summed E-state index contributed by atoms with van der Waals surface area (Å²) in [5, 5.41) is 0. The first-order valence-electron chi connectivity index (χ1n) is 4.55. The van der Waals surface area contributed by atoms with Crippen molar-refractivity contribution in [2.75, 3.05) is 6.54 Å². The van der Waals surface area contributed by atoms with E-state index in [1.54, 1.807) is 0 Å². The van der Waals surface area contributed by atoms with Crippen LogP contribution in [0.25, 0.3) is 0 Å². The lowest BCUT2D eigenvalue weighted by molar-refractivity contribution is 0.544. The fourth-order valence-electron chi connectivity index (χ4n) is 1.04. The highest BCUT2D eigenvalue weighted by Gasteiger charge is 2.16. The van der Waals surface area contributed by atoms with Crippen molar-refractivity contribution in [1.29, 1.82) is 0 Å². The fraction of sp³-hybridized carbons (Fsp3) is 0.600. The molecule has 0 unspecified atom stereocenters. The monoisotopic (exact) mass is 179 g/mol. The molecule has 0 bridgehead atoms. The largest absolute Gasteiger partial charge is 0.330 e. The summed E-state index contributed by atoms with van der Waals surface area (Å²) >= 11 is 0. The average molecular weight is 179 g/mol. The van der Waals surface area contributed by atoms with E-state index >= 15 is 0 Å². The summed E-state index contributed by atoms with van der Waals surface area (Å²) in [7, 11) is 0. The number of aromatic nitrogens is 2. The molecule has 0 spiro atoms. The molecule has 0 aliphatic carbocycles. The van der Waals surface area contributed by atoms with Gasteiger partial charge in [-0.2, -0.15) is 0 Å². The first-order valence-corrected chi connectivity index (χ1v) is 4.55. The Morgan fingerprint density at radius 1 is 1.23 bits per heavy atom. The summed E-state index contributed by atoms with van der Waals surface area (Å²) in [4.78, 5) is 8.60. The van der Waals surface area contributed by atoms with Crippen LogP contribution in [-0.2, 0) is 11.8 Å². The summed E-state index contributed by atoms with van der Waals surface area (Å²) < 4.78 is 0. The summed E-state index contributed by atoms with van der Waals surface area (Å²) in [6.45, 7) is 6.96. The van der Waals surface area contributed by atoms with Crippen LogP contribution in [0.4, 0.5) is 0 Å². The SMILES string of the molecule is CC(C)(C)c1ncc(CCN)cn1. The van der Waals surface area contributed by atoms with Crippen molar-refractivity contribution in [3.63, 3.8) is 0 Å². The minimum Gasteiger partial charge on any atom is -0.330 e. The number of hydrogen-bond acceptors (Lipinski definition) is 3. The summed E-state index contributed by atoms with van der Waals surface area (Å²) in [5.41, 5.74) is 6.56. The van der Waals surface area contributed by atoms with Gasteiger partial charge >= 0.3 is 0 Å². The molecule has 0 saturated heterocycles. The van der Waals surface area contributed by atoms with Gasteiger partial charge in [-0.1, -0.05) is 20.8 Å². The van der Waals surface area contributed by atoms with E-state index in [1.165, 1.54) is 0 Å². The Morgan fingerprint density at radius 2 is 1.77 bits per heavy atom. The molecule has 2 N–H and O–H groups in total. The Kier molecular flexibility index (Phi) is 2.98. The summed E-state index contributed by atoms with van der Waals surface area (Å²) in [6.07, 6.45) is 4.57. The average Bonchev–Trinajstić information content (AvgIpc) is 2.04. The van der Waals surface area contributed by atoms with E-state index in [2.05, 4.69) is 30.7 Å². The molecular weight excluding hydrogens is 162 g/mol. The van der Waals surface area contributed by atoms with Crippen molar-refractivity contribution >= 4 is 0 Å². The molecule has 0 fully saturated rings. The third-order valence-electron chi connectivity index (χ3n) is 1.81. The maximum Gasteiger partial charge on any atom is 0.133 e. The highest BCUT2D eigenvalue weighted by Crippen LogP contribution is 2.16.